The van der Waals surface area contributed by atoms with E-state index in [9.17, 15) is 28.2 Å². The van der Waals surface area contributed by atoms with Crippen LogP contribution in [0.5, 0.6) is 0 Å². The molecule has 0 saturated heterocycles. The largest absolute Gasteiger partial charge is 1.00 e. The molecule has 0 aliphatic heterocycles. The number of rotatable bonds is 17. The van der Waals surface area contributed by atoms with Crippen LogP contribution >= 0.6 is 0 Å². The first-order valence-corrected chi connectivity index (χ1v) is 11.2. The zero-order chi connectivity index (χ0) is 21.4. The van der Waals surface area contributed by atoms with Crippen LogP contribution in [0, 0.1) is 0 Å². The van der Waals surface area contributed by atoms with Crippen LogP contribution in [0.25, 0.3) is 0 Å². The second-order valence-corrected chi connectivity index (χ2v) is 8.20. The summed E-state index contributed by atoms with van der Waals surface area (Å²) < 4.78 is 35.0. The molecule has 1 N–H and O–H groups in total. The Balaban J connectivity index is -0.00000364. The van der Waals surface area contributed by atoms with Gasteiger partial charge in [-0.3, -0.25) is 9.35 Å². The van der Waals surface area contributed by atoms with Crippen LogP contribution in [0.1, 0.15) is 77.6 Å². The average molecular weight is 467 g/mol. The number of hydrogen-bond acceptors (Lipinski definition) is 8. The van der Waals surface area contributed by atoms with E-state index in [1.54, 1.807) is 0 Å². The third-order valence-corrected chi connectivity index (χ3v) is 5.19. The monoisotopic (exact) mass is 467 g/mol. The van der Waals surface area contributed by atoms with Crippen molar-refractivity contribution in [2.45, 2.75) is 82.8 Å². The summed E-state index contributed by atoms with van der Waals surface area (Å²) in [6.45, 7) is 1.81. The van der Waals surface area contributed by atoms with Gasteiger partial charge in [-0.15, -0.1) is 0 Å². The van der Waals surface area contributed by atoms with Crippen molar-refractivity contribution in [3.8, 4) is 0 Å². The van der Waals surface area contributed by atoms with Crippen LogP contribution < -0.4 is 69.3 Å². The van der Waals surface area contributed by atoms with Crippen molar-refractivity contribution in [3.63, 3.8) is 0 Å². The van der Waals surface area contributed by atoms with Crippen LogP contribution in [0.4, 0.5) is 0 Å². The molecule has 1 atom stereocenters. The van der Waals surface area contributed by atoms with Crippen LogP contribution in [-0.2, 0) is 24.4 Å². The van der Waals surface area contributed by atoms with Crippen molar-refractivity contribution < 1.29 is 96.6 Å². The van der Waals surface area contributed by atoms with E-state index in [1.807, 2.05) is 0 Å². The van der Waals surface area contributed by atoms with Gasteiger partial charge in [0.15, 0.2) is 0 Å². The third-order valence-electron chi connectivity index (χ3n) is 4.11. The molecule has 164 valence electrons. The maximum Gasteiger partial charge on any atom is 1.00 e. The second-order valence-electron chi connectivity index (χ2n) is 6.60. The maximum absolute atomic E-state index is 11.6. The quantitative estimate of drug-likeness (QED) is 0.0555. The number of aliphatic imine (C=N–C) groups is 1. The summed E-state index contributed by atoms with van der Waals surface area (Å²) in [6, 6.07) is 0. The summed E-state index contributed by atoms with van der Waals surface area (Å²) in [5.41, 5.74) is 0. The van der Waals surface area contributed by atoms with Gasteiger partial charge >= 0.3 is 65.1 Å². The molecule has 0 spiro atoms. The molecule has 0 amide bonds. The van der Waals surface area contributed by atoms with E-state index < -0.39 is 33.7 Å². The molecule has 0 aromatic heterocycles. The summed E-state index contributed by atoms with van der Waals surface area (Å²) in [7, 11) is -4.97. The third kappa shape index (κ3) is 20.2. The van der Waals surface area contributed by atoms with Crippen molar-refractivity contribution >= 4 is 28.0 Å². The second kappa shape index (κ2) is 21.2. The van der Waals surface area contributed by atoms with Crippen LogP contribution in [-0.4, -0.2) is 49.2 Å². The Kier molecular flexibility index (Phi) is 24.7. The van der Waals surface area contributed by atoms with E-state index in [2.05, 4.69) is 16.7 Å². The number of hydrogen-bond donors (Lipinski definition) is 1. The Morgan fingerprint density at radius 1 is 0.967 bits per heavy atom. The fourth-order valence-corrected chi connectivity index (χ4v) is 3.11. The van der Waals surface area contributed by atoms with Gasteiger partial charge in [0, 0.05) is 0 Å². The molecule has 0 aliphatic rings. The van der Waals surface area contributed by atoms with Gasteiger partial charge in [0.25, 0.3) is 10.1 Å². The number of aliphatic carboxylic acids is 1. The molecule has 0 radical (unpaired) electrons. The molecule has 12 heteroatoms. The topological polar surface area (TPSA) is 156 Å². The molecular weight excluding hydrogens is 436 g/mol. The summed E-state index contributed by atoms with van der Waals surface area (Å²) >= 11 is 0. The molecule has 9 nitrogen and oxygen atoms in total. The van der Waals surface area contributed by atoms with Crippen LogP contribution in [0.2, 0.25) is 0 Å². The molecule has 0 aromatic carbocycles. The normalized spacial score (nSPS) is 12.4. The molecular formula is C18H31NNa2O8S. The van der Waals surface area contributed by atoms with E-state index in [0.29, 0.717) is 6.42 Å². The van der Waals surface area contributed by atoms with E-state index in [0.717, 1.165) is 19.3 Å². The minimum atomic E-state index is -4.97. The minimum absolute atomic E-state index is 0. The van der Waals surface area contributed by atoms with Crippen LogP contribution in [0.3, 0.4) is 0 Å². The van der Waals surface area contributed by atoms with Gasteiger partial charge in [0.2, 0.25) is 0 Å². The molecule has 0 heterocycles. The van der Waals surface area contributed by atoms with Crippen LogP contribution in [0.15, 0.2) is 4.99 Å². The van der Waals surface area contributed by atoms with Gasteiger partial charge in [-0.2, -0.15) is 8.42 Å². The summed E-state index contributed by atoms with van der Waals surface area (Å²) in [6.07, 6.45) is 9.48. The zero-order valence-corrected chi connectivity index (χ0v) is 23.2. The average Bonchev–Trinajstić information content (AvgIpc) is 2.60. The van der Waals surface area contributed by atoms with E-state index in [-0.39, 0.29) is 78.2 Å². The van der Waals surface area contributed by atoms with Crippen molar-refractivity contribution in [2.75, 3.05) is 13.2 Å². The Bertz CT molecular complexity index is 599. The van der Waals surface area contributed by atoms with E-state index in [1.165, 1.54) is 38.5 Å². The predicted molar refractivity (Wildman–Crippen MR) is 100 cm³/mol. The number of unbranched alkanes of at least 4 members (excludes halogenated alkanes) is 8. The summed E-state index contributed by atoms with van der Waals surface area (Å²) in [4.78, 5) is 25.7. The molecule has 0 saturated carbocycles. The zero-order valence-electron chi connectivity index (χ0n) is 18.4. The van der Waals surface area contributed by atoms with Gasteiger partial charge in [-0.05, 0) is 18.7 Å². The van der Waals surface area contributed by atoms with Gasteiger partial charge < -0.3 is 24.7 Å². The molecule has 1 unspecified atom stereocenters. The smallest absolute Gasteiger partial charge is 0.862 e. The number of carbonyl (C=O) groups is 2. The van der Waals surface area contributed by atoms with Crippen molar-refractivity contribution in [3.05, 3.63) is 0 Å². The fraction of sp³-hybridized carbons (Fsp3) is 0.833. The Labute approximate surface area is 223 Å². The van der Waals surface area contributed by atoms with E-state index in [4.69, 9.17) is 4.55 Å². The molecule has 0 fully saturated rings. The standard InChI is InChI=1S/C18H33NO8S.2Na/c1-2-3-4-5-6-7-8-9-10-11-16(20)19-12-13-27-17(21)14-15(18(22)23)28(24,25)26;;/h15H,2-14H2,1H3,(H,19,20)(H,22,23)(H,24,25,26);;/q;2*+1/p-2. The van der Waals surface area contributed by atoms with E-state index >= 15 is 0 Å². The number of esters is 1. The summed E-state index contributed by atoms with van der Waals surface area (Å²) in [5.74, 6) is -3.54. The first kappa shape index (κ1) is 34.9. The van der Waals surface area contributed by atoms with Crippen molar-refractivity contribution in [1.82, 2.24) is 0 Å². The molecule has 0 aromatic rings. The van der Waals surface area contributed by atoms with Gasteiger partial charge in [0.05, 0.1) is 18.9 Å². The van der Waals surface area contributed by atoms with Crippen molar-refractivity contribution in [1.29, 1.82) is 0 Å². The fourth-order valence-electron chi connectivity index (χ4n) is 2.52. The predicted octanol–water partition coefficient (Wildman–Crippen LogP) is -5.39. The van der Waals surface area contributed by atoms with Gasteiger partial charge in [0.1, 0.15) is 11.9 Å². The Morgan fingerprint density at radius 3 is 1.93 bits per heavy atom. The Morgan fingerprint density at radius 2 is 1.47 bits per heavy atom. The van der Waals surface area contributed by atoms with Crippen molar-refractivity contribution in [2.24, 2.45) is 4.99 Å². The number of ether oxygens (including phenoxy) is 1. The number of nitrogens with zero attached hydrogens (tertiary/aromatic N) is 1. The number of carbonyl (C=O) groups excluding carboxylic acids is 2. The van der Waals surface area contributed by atoms with Gasteiger partial charge in [-0.1, -0.05) is 58.3 Å². The summed E-state index contributed by atoms with van der Waals surface area (Å²) in [5, 5.41) is 19.8. The number of carboxylic acid groups (broad SMARTS) is 1. The minimum Gasteiger partial charge on any atom is -0.862 e. The van der Waals surface area contributed by atoms with Gasteiger partial charge in [-0.25, -0.2) is 0 Å². The maximum atomic E-state index is 11.6. The SMILES string of the molecule is CCCCCCCCCCCC([O-])=NCCOC(=O)CC(C(=O)[O-])S(=O)(=O)O.[Na+].[Na+]. The molecule has 30 heavy (non-hydrogen) atoms. The first-order valence-electron chi connectivity index (χ1n) is 9.71. The molecule has 0 rings (SSSR count). The Hall–Kier alpha value is 0.320. The molecule has 0 bridgehead atoms. The number of carboxylic acids is 1. The molecule has 0 aliphatic carbocycles. The first-order chi connectivity index (χ1) is 13.2.